The van der Waals surface area contributed by atoms with Gasteiger partial charge in [0, 0.05) is 25.8 Å². The molecule has 162 valence electrons. The van der Waals surface area contributed by atoms with E-state index in [1.165, 1.54) is 73.0 Å². The van der Waals surface area contributed by atoms with E-state index in [1.54, 1.807) is 0 Å². The molecule has 30 heavy (non-hydrogen) atoms. The van der Waals surface area contributed by atoms with Gasteiger partial charge in [-0.3, -0.25) is 0 Å². The van der Waals surface area contributed by atoms with Crippen LogP contribution in [-0.4, -0.2) is 56.2 Å². The number of hydrogen-bond donors (Lipinski definition) is 0. The van der Waals surface area contributed by atoms with Gasteiger partial charge < -0.3 is 14.5 Å². The van der Waals surface area contributed by atoms with E-state index in [9.17, 15) is 0 Å². The maximum Gasteiger partial charge on any atom is 0.0480 e. The molecule has 2 aliphatic rings. The number of aryl methyl sites for hydroxylation is 1. The maximum atomic E-state index is 5.55. The normalized spacial score (nSPS) is 19.5. The van der Waals surface area contributed by atoms with Crippen molar-refractivity contribution < 1.29 is 4.74 Å². The van der Waals surface area contributed by atoms with Crippen LogP contribution in [0.15, 0.2) is 42.5 Å². The second-order valence-electron chi connectivity index (χ2n) is 9.62. The van der Waals surface area contributed by atoms with Gasteiger partial charge >= 0.3 is 0 Å². The molecule has 3 heteroatoms. The zero-order valence-corrected chi connectivity index (χ0v) is 19.1. The van der Waals surface area contributed by atoms with Crippen LogP contribution in [0.4, 0.5) is 0 Å². The van der Waals surface area contributed by atoms with Gasteiger partial charge in [0.25, 0.3) is 0 Å². The minimum atomic E-state index is 0.762. The molecule has 2 aromatic rings. The summed E-state index contributed by atoms with van der Waals surface area (Å²) in [6.45, 7) is 7.57. The molecule has 2 aromatic carbocycles. The summed E-state index contributed by atoms with van der Waals surface area (Å²) in [6, 6.07) is 17.0. The molecule has 4 rings (SSSR count). The fourth-order valence-corrected chi connectivity index (χ4v) is 5.14. The number of nitrogens with zero attached hydrogens (tertiary/aromatic N) is 2. The Morgan fingerprint density at radius 1 is 0.933 bits per heavy atom. The van der Waals surface area contributed by atoms with Crippen LogP contribution in [0.1, 0.15) is 42.4 Å². The second-order valence-corrected chi connectivity index (χ2v) is 9.62. The van der Waals surface area contributed by atoms with Gasteiger partial charge in [-0.1, -0.05) is 48.0 Å². The van der Waals surface area contributed by atoms with E-state index in [4.69, 9.17) is 4.74 Å². The molecule has 0 aliphatic carbocycles. The minimum absolute atomic E-state index is 0.762. The molecule has 2 fully saturated rings. The van der Waals surface area contributed by atoms with E-state index < -0.39 is 0 Å². The predicted molar refractivity (Wildman–Crippen MR) is 126 cm³/mol. The van der Waals surface area contributed by atoms with Crippen molar-refractivity contribution in [3.05, 3.63) is 59.2 Å². The largest absolute Gasteiger partial charge is 0.381 e. The molecular weight excluding hydrogens is 368 g/mol. The van der Waals surface area contributed by atoms with Crippen LogP contribution in [-0.2, 0) is 17.7 Å². The highest BCUT2D eigenvalue weighted by Gasteiger charge is 2.26. The quantitative estimate of drug-likeness (QED) is 0.659. The van der Waals surface area contributed by atoms with E-state index in [0.29, 0.717) is 0 Å². The number of piperidine rings is 1. The smallest absolute Gasteiger partial charge is 0.0480 e. The van der Waals surface area contributed by atoms with Gasteiger partial charge in [0.2, 0.25) is 0 Å². The van der Waals surface area contributed by atoms with E-state index in [0.717, 1.165) is 31.7 Å². The van der Waals surface area contributed by atoms with Crippen molar-refractivity contribution >= 4 is 0 Å². The Labute approximate surface area is 183 Å². The Morgan fingerprint density at radius 3 is 2.30 bits per heavy atom. The summed E-state index contributed by atoms with van der Waals surface area (Å²) in [7, 11) is 4.30. The first-order valence-corrected chi connectivity index (χ1v) is 11.7. The lowest BCUT2D eigenvalue weighted by atomic mass is 9.87. The van der Waals surface area contributed by atoms with Gasteiger partial charge in [-0.2, -0.15) is 0 Å². The van der Waals surface area contributed by atoms with Gasteiger partial charge in [0.1, 0.15) is 0 Å². The van der Waals surface area contributed by atoms with Crippen LogP contribution in [0.5, 0.6) is 0 Å². The first kappa shape index (κ1) is 21.5. The Bertz CT molecular complexity index is 800. The molecule has 2 saturated heterocycles. The van der Waals surface area contributed by atoms with E-state index >= 15 is 0 Å². The fourth-order valence-electron chi connectivity index (χ4n) is 5.14. The molecule has 0 spiro atoms. The number of benzene rings is 2. The molecule has 0 radical (unpaired) electrons. The van der Waals surface area contributed by atoms with Gasteiger partial charge in [-0.15, -0.1) is 0 Å². The van der Waals surface area contributed by atoms with Crippen LogP contribution < -0.4 is 0 Å². The minimum Gasteiger partial charge on any atom is -0.381 e. The Balaban J connectivity index is 1.44. The van der Waals surface area contributed by atoms with Gasteiger partial charge in [0.15, 0.2) is 0 Å². The molecule has 0 bridgehead atoms. The third-order valence-electron chi connectivity index (χ3n) is 6.90. The highest BCUT2D eigenvalue weighted by molar-refractivity contribution is 5.68. The van der Waals surface area contributed by atoms with Crippen molar-refractivity contribution in [2.24, 2.45) is 5.92 Å². The maximum absolute atomic E-state index is 5.55. The molecule has 3 nitrogen and oxygen atoms in total. The monoisotopic (exact) mass is 406 g/mol. The second kappa shape index (κ2) is 10.1. The highest BCUT2D eigenvalue weighted by Crippen LogP contribution is 2.30. The number of likely N-dealkylation sites (tertiary alicyclic amines) is 1. The molecule has 0 amide bonds. The van der Waals surface area contributed by atoms with Crippen molar-refractivity contribution in [1.82, 2.24) is 9.80 Å². The fraction of sp³-hybridized carbons (Fsp3) is 0.556. The van der Waals surface area contributed by atoms with Crippen molar-refractivity contribution in [3.63, 3.8) is 0 Å². The lowest BCUT2D eigenvalue weighted by Gasteiger charge is -2.39. The number of hydrogen-bond acceptors (Lipinski definition) is 3. The van der Waals surface area contributed by atoms with Crippen LogP contribution in [0.3, 0.4) is 0 Å². The highest BCUT2D eigenvalue weighted by atomic mass is 16.5. The van der Waals surface area contributed by atoms with E-state index in [2.05, 4.69) is 73.3 Å². The Morgan fingerprint density at radius 2 is 1.63 bits per heavy atom. The summed E-state index contributed by atoms with van der Waals surface area (Å²) >= 11 is 0. The van der Waals surface area contributed by atoms with Crippen molar-refractivity contribution in [2.45, 2.75) is 51.6 Å². The Hall–Kier alpha value is -1.68. The third-order valence-corrected chi connectivity index (χ3v) is 6.90. The average Bonchev–Trinajstić information content (AvgIpc) is 2.76. The van der Waals surface area contributed by atoms with Crippen molar-refractivity contribution in [1.29, 1.82) is 0 Å². The molecule has 2 heterocycles. The van der Waals surface area contributed by atoms with Crippen LogP contribution in [0, 0.1) is 12.8 Å². The van der Waals surface area contributed by atoms with E-state index in [-0.39, 0.29) is 0 Å². The Kier molecular flexibility index (Phi) is 7.24. The molecular formula is C27H38N2O. The lowest BCUT2D eigenvalue weighted by molar-refractivity contribution is 0.0211. The van der Waals surface area contributed by atoms with Gasteiger partial charge in [-0.05, 0) is 94.4 Å². The summed E-state index contributed by atoms with van der Waals surface area (Å²) in [4.78, 5) is 5.00. The number of ether oxygens (including phenoxy) is 1. The van der Waals surface area contributed by atoms with Crippen molar-refractivity contribution in [3.8, 4) is 11.1 Å². The molecule has 0 unspecified atom stereocenters. The molecule has 0 N–H and O–H groups in total. The van der Waals surface area contributed by atoms with E-state index in [1.807, 2.05) is 0 Å². The van der Waals surface area contributed by atoms with Gasteiger partial charge in [-0.25, -0.2) is 0 Å². The lowest BCUT2D eigenvalue weighted by Crippen LogP contribution is -2.44. The zero-order chi connectivity index (χ0) is 20.9. The average molecular weight is 407 g/mol. The van der Waals surface area contributed by atoms with Crippen LogP contribution in [0.2, 0.25) is 0 Å². The number of rotatable bonds is 6. The van der Waals surface area contributed by atoms with Gasteiger partial charge in [0.05, 0.1) is 0 Å². The third kappa shape index (κ3) is 5.51. The molecule has 0 aromatic heterocycles. The standard InChI is InChI=1S/C27H38N2O/c1-21-4-7-24(8-5-21)27-19-23(6-9-25(27)20-28(2)3)18-22-10-14-29(15-11-22)26-12-16-30-17-13-26/h4-9,19,22,26H,10-18,20H2,1-3H3. The summed E-state index contributed by atoms with van der Waals surface area (Å²) in [5, 5.41) is 0. The molecule has 0 atom stereocenters. The topological polar surface area (TPSA) is 15.7 Å². The molecule has 2 aliphatic heterocycles. The van der Waals surface area contributed by atoms with Crippen molar-refractivity contribution in [2.75, 3.05) is 40.4 Å². The molecule has 0 saturated carbocycles. The summed E-state index contributed by atoms with van der Waals surface area (Å²) < 4.78 is 5.55. The first-order chi connectivity index (χ1) is 14.6. The SMILES string of the molecule is Cc1ccc(-c2cc(CC3CCN(C4CCOCC4)CC3)ccc2CN(C)C)cc1. The summed E-state index contributed by atoms with van der Waals surface area (Å²) in [5.41, 5.74) is 6.98. The van der Waals surface area contributed by atoms with Crippen LogP contribution in [0.25, 0.3) is 11.1 Å². The zero-order valence-electron chi connectivity index (χ0n) is 19.1. The summed E-state index contributed by atoms with van der Waals surface area (Å²) in [5.74, 6) is 0.812. The van der Waals surface area contributed by atoms with Crippen LogP contribution >= 0.6 is 0 Å². The summed E-state index contributed by atoms with van der Waals surface area (Å²) in [6.07, 6.45) is 6.31. The first-order valence-electron chi connectivity index (χ1n) is 11.7. The predicted octanol–water partition coefficient (Wildman–Crippen LogP) is 5.16.